The number of aromatic nitrogens is 1. The van der Waals surface area contributed by atoms with E-state index in [-0.39, 0.29) is 11.7 Å². The molecule has 160 valence electrons. The van der Waals surface area contributed by atoms with Crippen molar-refractivity contribution >= 4 is 17.5 Å². The summed E-state index contributed by atoms with van der Waals surface area (Å²) in [5.74, 6) is 1.94. The highest BCUT2D eigenvalue weighted by atomic mass is 16.5. The second kappa shape index (κ2) is 9.74. The van der Waals surface area contributed by atoms with Crippen LogP contribution in [-0.4, -0.2) is 35.4 Å². The number of carbonyl (C=O) groups is 2. The molecule has 1 aromatic heterocycles. The Hall–Kier alpha value is -2.89. The average Bonchev–Trinajstić information content (AvgIpc) is 2.74. The van der Waals surface area contributed by atoms with Crippen molar-refractivity contribution < 1.29 is 14.3 Å². The SMILES string of the molecule is CCC1(CCNc2ccc(C(=O)NCCC(C)C)cn2)CC(=O)c2ccccc2O1. The second-order valence-corrected chi connectivity index (χ2v) is 8.28. The highest BCUT2D eigenvalue weighted by Gasteiger charge is 2.38. The van der Waals surface area contributed by atoms with E-state index in [4.69, 9.17) is 4.74 Å². The van der Waals surface area contributed by atoms with Gasteiger partial charge < -0.3 is 15.4 Å². The molecule has 1 aliphatic heterocycles. The van der Waals surface area contributed by atoms with E-state index in [9.17, 15) is 9.59 Å². The standard InChI is InChI=1S/C24H31N3O3/c1-4-24(15-20(28)19-7-5-6-8-21(19)30-24)12-14-25-22-10-9-18(16-27-22)23(29)26-13-11-17(2)3/h5-10,16-17H,4,11-15H2,1-3H3,(H,25,27)(H,26,29). The summed E-state index contributed by atoms with van der Waals surface area (Å²) in [5.41, 5.74) is 0.708. The number of anilines is 1. The normalized spacial score (nSPS) is 17.9. The molecule has 0 fully saturated rings. The van der Waals surface area contributed by atoms with Gasteiger partial charge in [-0.15, -0.1) is 0 Å². The predicted molar refractivity (Wildman–Crippen MR) is 118 cm³/mol. The van der Waals surface area contributed by atoms with Crippen molar-refractivity contribution in [1.29, 1.82) is 0 Å². The number of para-hydroxylation sites is 1. The second-order valence-electron chi connectivity index (χ2n) is 8.28. The molecule has 2 N–H and O–H groups in total. The summed E-state index contributed by atoms with van der Waals surface area (Å²) < 4.78 is 6.25. The highest BCUT2D eigenvalue weighted by molar-refractivity contribution is 6.00. The Morgan fingerprint density at radius 1 is 1.20 bits per heavy atom. The molecule has 1 amide bonds. The molecule has 0 radical (unpaired) electrons. The van der Waals surface area contributed by atoms with Gasteiger partial charge in [0.05, 0.1) is 17.5 Å². The number of carbonyl (C=O) groups excluding carboxylic acids is 2. The lowest BCUT2D eigenvalue weighted by Gasteiger charge is -2.37. The van der Waals surface area contributed by atoms with Gasteiger partial charge in [0.15, 0.2) is 5.78 Å². The van der Waals surface area contributed by atoms with Crippen molar-refractivity contribution in [2.24, 2.45) is 5.92 Å². The lowest BCUT2D eigenvalue weighted by Crippen LogP contribution is -2.43. The molecule has 3 rings (SSSR count). The van der Waals surface area contributed by atoms with E-state index < -0.39 is 5.60 Å². The summed E-state index contributed by atoms with van der Waals surface area (Å²) in [6, 6.07) is 11.0. The van der Waals surface area contributed by atoms with Crippen LogP contribution in [0.4, 0.5) is 5.82 Å². The largest absolute Gasteiger partial charge is 0.486 e. The van der Waals surface area contributed by atoms with Gasteiger partial charge in [0.2, 0.25) is 0 Å². The summed E-state index contributed by atoms with van der Waals surface area (Å²) in [5, 5.41) is 6.19. The Morgan fingerprint density at radius 3 is 2.70 bits per heavy atom. The van der Waals surface area contributed by atoms with E-state index in [1.807, 2.05) is 31.2 Å². The van der Waals surface area contributed by atoms with Crippen LogP contribution in [-0.2, 0) is 0 Å². The van der Waals surface area contributed by atoms with Crippen molar-refractivity contribution in [3.63, 3.8) is 0 Å². The molecule has 1 aliphatic rings. The van der Waals surface area contributed by atoms with Crippen molar-refractivity contribution in [1.82, 2.24) is 10.3 Å². The van der Waals surface area contributed by atoms with E-state index in [1.165, 1.54) is 0 Å². The molecule has 0 spiro atoms. The number of benzene rings is 1. The summed E-state index contributed by atoms with van der Waals surface area (Å²) >= 11 is 0. The van der Waals surface area contributed by atoms with E-state index >= 15 is 0 Å². The number of rotatable bonds is 9. The summed E-state index contributed by atoms with van der Waals surface area (Å²) in [6.07, 6.45) is 4.35. The fraction of sp³-hybridized carbons (Fsp3) is 0.458. The van der Waals surface area contributed by atoms with Gasteiger partial charge in [-0.2, -0.15) is 0 Å². The van der Waals surface area contributed by atoms with Gasteiger partial charge >= 0.3 is 0 Å². The van der Waals surface area contributed by atoms with Crippen LogP contribution in [0.1, 0.15) is 67.2 Å². The Balaban J connectivity index is 1.53. The monoisotopic (exact) mass is 409 g/mol. The van der Waals surface area contributed by atoms with E-state index in [2.05, 4.69) is 29.5 Å². The van der Waals surface area contributed by atoms with Crippen molar-refractivity contribution in [2.45, 2.75) is 52.1 Å². The zero-order valence-corrected chi connectivity index (χ0v) is 18.0. The third-order valence-corrected chi connectivity index (χ3v) is 5.56. The van der Waals surface area contributed by atoms with Crippen LogP contribution >= 0.6 is 0 Å². The van der Waals surface area contributed by atoms with Crippen molar-refractivity contribution in [2.75, 3.05) is 18.4 Å². The van der Waals surface area contributed by atoms with Crippen molar-refractivity contribution in [3.05, 3.63) is 53.7 Å². The number of nitrogens with zero attached hydrogens (tertiary/aromatic N) is 1. The third kappa shape index (κ3) is 5.38. The van der Waals surface area contributed by atoms with E-state index in [0.29, 0.717) is 54.5 Å². The van der Waals surface area contributed by atoms with Gasteiger partial charge in [-0.1, -0.05) is 32.9 Å². The molecular formula is C24H31N3O3. The van der Waals surface area contributed by atoms with Crippen LogP contribution in [0.25, 0.3) is 0 Å². The average molecular weight is 410 g/mol. The van der Waals surface area contributed by atoms with Gasteiger partial charge in [-0.05, 0) is 43.0 Å². The number of hydrogen-bond donors (Lipinski definition) is 2. The van der Waals surface area contributed by atoms with Gasteiger partial charge in [-0.3, -0.25) is 9.59 Å². The maximum Gasteiger partial charge on any atom is 0.252 e. The zero-order valence-electron chi connectivity index (χ0n) is 18.0. The van der Waals surface area contributed by atoms with E-state index in [1.54, 1.807) is 18.3 Å². The first-order valence-electron chi connectivity index (χ1n) is 10.7. The fourth-order valence-corrected chi connectivity index (χ4v) is 3.58. The molecule has 0 bridgehead atoms. The Kier molecular flexibility index (Phi) is 7.08. The lowest BCUT2D eigenvalue weighted by molar-refractivity contribution is 0.0340. The number of fused-ring (bicyclic) bond motifs is 1. The van der Waals surface area contributed by atoms with Crippen LogP contribution in [0, 0.1) is 5.92 Å². The molecule has 30 heavy (non-hydrogen) atoms. The number of Topliss-reactive ketones (excluding diaryl/α,β-unsaturated/α-hetero) is 1. The van der Waals surface area contributed by atoms with E-state index in [0.717, 1.165) is 12.8 Å². The maximum atomic E-state index is 12.6. The first-order valence-corrected chi connectivity index (χ1v) is 10.7. The molecular weight excluding hydrogens is 378 g/mol. The van der Waals surface area contributed by atoms with Gasteiger partial charge in [0.25, 0.3) is 5.91 Å². The van der Waals surface area contributed by atoms with Gasteiger partial charge in [0.1, 0.15) is 17.2 Å². The minimum atomic E-state index is -0.505. The first kappa shape index (κ1) is 21.8. The van der Waals surface area contributed by atoms with Crippen LogP contribution in [0.3, 0.4) is 0 Å². The molecule has 1 aromatic carbocycles. The number of nitrogens with one attached hydrogen (secondary N) is 2. The molecule has 2 aromatic rings. The van der Waals surface area contributed by atoms with Crippen LogP contribution in [0.2, 0.25) is 0 Å². The number of amides is 1. The summed E-state index contributed by atoms with van der Waals surface area (Å²) in [6.45, 7) is 7.59. The molecule has 0 saturated carbocycles. The Morgan fingerprint density at radius 2 is 2.00 bits per heavy atom. The minimum absolute atomic E-state index is 0.104. The third-order valence-electron chi connectivity index (χ3n) is 5.56. The predicted octanol–water partition coefficient (Wildman–Crippen LogP) is 4.47. The smallest absolute Gasteiger partial charge is 0.252 e. The zero-order chi connectivity index (χ0) is 21.6. The molecule has 1 atom stereocenters. The van der Waals surface area contributed by atoms with Crippen LogP contribution in [0.5, 0.6) is 5.75 Å². The van der Waals surface area contributed by atoms with Crippen molar-refractivity contribution in [3.8, 4) is 5.75 Å². The summed E-state index contributed by atoms with van der Waals surface area (Å²) in [7, 11) is 0. The number of ketones is 1. The Labute approximate surface area is 178 Å². The van der Waals surface area contributed by atoms with Gasteiger partial charge in [-0.25, -0.2) is 4.98 Å². The first-order chi connectivity index (χ1) is 14.4. The maximum absolute atomic E-state index is 12.6. The number of pyridine rings is 1. The Bertz CT molecular complexity index is 880. The topological polar surface area (TPSA) is 80.3 Å². The van der Waals surface area contributed by atoms with Gasteiger partial charge in [0, 0.05) is 25.7 Å². The fourth-order valence-electron chi connectivity index (χ4n) is 3.58. The molecule has 0 saturated heterocycles. The molecule has 6 heteroatoms. The highest BCUT2D eigenvalue weighted by Crippen LogP contribution is 2.37. The number of hydrogen-bond acceptors (Lipinski definition) is 5. The minimum Gasteiger partial charge on any atom is -0.486 e. The molecule has 6 nitrogen and oxygen atoms in total. The van der Waals surface area contributed by atoms with Crippen LogP contribution < -0.4 is 15.4 Å². The lowest BCUT2D eigenvalue weighted by atomic mass is 9.85. The molecule has 2 heterocycles. The molecule has 1 unspecified atom stereocenters. The number of ether oxygens (including phenoxy) is 1. The molecule has 0 aliphatic carbocycles. The quantitative estimate of drug-likeness (QED) is 0.639. The van der Waals surface area contributed by atoms with Crippen LogP contribution in [0.15, 0.2) is 42.6 Å². The summed E-state index contributed by atoms with van der Waals surface area (Å²) in [4.78, 5) is 29.1.